The van der Waals surface area contributed by atoms with Gasteiger partial charge in [-0.2, -0.15) is 48.2 Å². The molecule has 0 aromatic heterocycles. The molecule has 0 aromatic carbocycles. The van der Waals surface area contributed by atoms with Crippen LogP contribution in [0.3, 0.4) is 0 Å². The van der Waals surface area contributed by atoms with Crippen molar-refractivity contribution in [2.75, 3.05) is 38.9 Å². The van der Waals surface area contributed by atoms with Gasteiger partial charge in [0.1, 0.15) is 13.2 Å². The lowest BCUT2D eigenvalue weighted by atomic mass is 10.9. The van der Waals surface area contributed by atoms with Crippen molar-refractivity contribution in [1.29, 1.82) is 0 Å². The average molecular weight is 506 g/mol. The van der Waals surface area contributed by atoms with E-state index in [0.717, 1.165) is 14.2 Å². The minimum absolute atomic E-state index is 0.724. The first kappa shape index (κ1) is 28.1. The molecule has 0 fully saturated rings. The van der Waals surface area contributed by atoms with Crippen LogP contribution in [0.1, 0.15) is 0 Å². The Morgan fingerprint density at radius 2 is 1.19 bits per heavy atom. The zero-order valence-corrected chi connectivity index (χ0v) is 18.3. The fraction of sp³-hybridized carbons (Fsp3) is 1.00. The molecule has 0 heterocycles. The third kappa shape index (κ3) is 13.9. The van der Waals surface area contributed by atoms with Crippen LogP contribution in [0.25, 0.3) is 0 Å². The molecule has 16 nitrogen and oxygen atoms in total. The van der Waals surface area contributed by atoms with E-state index in [9.17, 15) is 23.1 Å². The Labute approximate surface area is 156 Å². The summed E-state index contributed by atoms with van der Waals surface area (Å²) in [7, 11) is -20.8. The average Bonchev–Trinajstić information content (AvgIpc) is 2.43. The van der Waals surface area contributed by atoms with E-state index in [2.05, 4.69) is 26.7 Å². The molecule has 0 saturated heterocycles. The predicted octanol–water partition coefficient (Wildman–Crippen LogP) is -1.59. The zero-order chi connectivity index (χ0) is 21.6. The molecule has 21 heteroatoms. The predicted molar refractivity (Wildman–Crippen MR) is 92.2 cm³/mol. The van der Waals surface area contributed by atoms with Gasteiger partial charge < -0.3 is 0 Å². The third-order valence-electron chi connectivity index (χ3n) is 2.20. The van der Waals surface area contributed by atoms with Crippen LogP contribution in [0.5, 0.6) is 0 Å². The van der Waals surface area contributed by atoms with Gasteiger partial charge in [-0.25, -0.2) is 8.42 Å². The molecule has 0 aliphatic heterocycles. The van der Waals surface area contributed by atoms with Crippen LogP contribution < -0.4 is 0 Å². The van der Waals surface area contributed by atoms with Gasteiger partial charge in [0, 0.05) is 0 Å². The van der Waals surface area contributed by atoms with Crippen LogP contribution in [0, 0.1) is 0 Å². The smallest absolute Gasteiger partial charge is 0.229 e. The Hall–Kier alpha value is 1.11. The lowest BCUT2D eigenvalue weighted by Crippen LogP contribution is -2.20. The summed E-state index contributed by atoms with van der Waals surface area (Å²) in [4.78, 5) is 72.1. The van der Waals surface area contributed by atoms with Crippen LogP contribution in [-0.2, 0) is 36.6 Å². The van der Waals surface area contributed by atoms with Gasteiger partial charge in [0.05, 0.1) is 34.3 Å². The Morgan fingerprint density at radius 1 is 0.704 bits per heavy atom. The van der Waals surface area contributed by atoms with Gasteiger partial charge in [0.25, 0.3) is 0 Å². The van der Waals surface area contributed by atoms with Crippen LogP contribution >= 0.6 is 32.7 Å². The van der Waals surface area contributed by atoms with Gasteiger partial charge in [-0.15, -0.1) is 9.05 Å². The van der Waals surface area contributed by atoms with Crippen molar-refractivity contribution in [2.24, 2.45) is 0 Å². The molecule has 0 aromatic rings. The maximum atomic E-state index is 11.8. The monoisotopic (exact) mass is 506 g/mol. The lowest BCUT2D eigenvalue weighted by molar-refractivity contribution is 0.113. The number of rotatable bonds is 14. The SMILES string of the molecule is CO[P+](O)(O)O[P+](O)(OC)OCCS(=O)(=O)CCO[P+](O)(O)O[P+](O)(O)O. The summed E-state index contributed by atoms with van der Waals surface area (Å²) in [5.74, 6) is -1.59. The summed E-state index contributed by atoms with van der Waals surface area (Å²) in [6.45, 7) is -1.59. The molecular formula is C6H22O16P4S+4. The van der Waals surface area contributed by atoms with E-state index in [0.29, 0.717) is 0 Å². The molecule has 0 aliphatic rings. The Bertz CT molecular complexity index is 548. The Morgan fingerprint density at radius 3 is 1.59 bits per heavy atom. The van der Waals surface area contributed by atoms with Gasteiger partial charge in [0.15, 0.2) is 9.84 Å². The summed E-state index contributed by atoms with van der Waals surface area (Å²) in [6, 6.07) is 0. The maximum absolute atomic E-state index is 11.8. The molecule has 0 bridgehead atoms. The largest absolute Gasteiger partial charge is 0.622 e. The molecule has 8 N–H and O–H groups in total. The molecule has 0 saturated carbocycles. The fourth-order valence-corrected chi connectivity index (χ4v) is 6.12. The van der Waals surface area contributed by atoms with Crippen molar-refractivity contribution in [2.45, 2.75) is 0 Å². The van der Waals surface area contributed by atoms with Crippen molar-refractivity contribution >= 4 is 42.5 Å². The normalized spacial score (nSPS) is 16.4. The quantitative estimate of drug-likeness (QED) is 0.124. The molecule has 0 spiro atoms. The highest BCUT2D eigenvalue weighted by atomic mass is 32.2. The summed E-state index contributed by atoms with van der Waals surface area (Å²) in [6.07, 6.45) is 0. The molecule has 0 amide bonds. The fourth-order valence-electron chi connectivity index (χ4n) is 1.11. The standard InChI is InChI=1S/C6H22O16P4S/c1-17-24(10,11)22-26(14,18-2)20-4-6-27(15,16)5-3-19-25(12,13)21-23(7,8)9/h7-14H,3-6H2,1-2H3/q+4. The van der Waals surface area contributed by atoms with E-state index in [1.54, 1.807) is 0 Å². The second kappa shape index (κ2) is 10.9. The van der Waals surface area contributed by atoms with Gasteiger partial charge in [-0.1, -0.05) is 0 Å². The van der Waals surface area contributed by atoms with E-state index >= 15 is 0 Å². The third-order valence-corrected chi connectivity index (χ3v) is 9.14. The summed E-state index contributed by atoms with van der Waals surface area (Å²) in [5.41, 5.74) is 0. The van der Waals surface area contributed by atoms with Crippen molar-refractivity contribution in [1.82, 2.24) is 0 Å². The summed E-state index contributed by atoms with van der Waals surface area (Å²) in [5, 5.41) is 0. The molecular weight excluding hydrogens is 484 g/mol. The molecule has 27 heavy (non-hydrogen) atoms. The highest BCUT2D eigenvalue weighted by Crippen LogP contribution is 2.71. The van der Waals surface area contributed by atoms with Gasteiger partial charge in [-0.05, 0) is 0 Å². The number of sulfone groups is 1. The van der Waals surface area contributed by atoms with Crippen molar-refractivity contribution in [3.8, 4) is 0 Å². The van der Waals surface area contributed by atoms with E-state index in [-0.39, 0.29) is 0 Å². The first-order chi connectivity index (χ1) is 11.9. The molecule has 0 aliphatic carbocycles. The van der Waals surface area contributed by atoms with E-state index < -0.39 is 67.2 Å². The van der Waals surface area contributed by atoms with E-state index in [1.807, 2.05) is 0 Å². The Kier molecular flexibility index (Phi) is 11.4. The molecule has 1 unspecified atom stereocenters. The second-order valence-corrected chi connectivity index (χ2v) is 13.1. The topological polar surface area (TPSA) is 251 Å². The first-order valence-electron chi connectivity index (χ1n) is 6.37. The van der Waals surface area contributed by atoms with Crippen LogP contribution in [-0.4, -0.2) is 86.5 Å². The van der Waals surface area contributed by atoms with Gasteiger partial charge >= 0.3 is 32.7 Å². The zero-order valence-electron chi connectivity index (χ0n) is 13.9. The highest BCUT2D eigenvalue weighted by Gasteiger charge is 2.62. The number of hydrogen-bond acceptors (Lipinski definition) is 16. The van der Waals surface area contributed by atoms with E-state index in [1.165, 1.54) is 0 Å². The molecule has 1 atom stereocenters. The van der Waals surface area contributed by atoms with Crippen LogP contribution in [0.15, 0.2) is 0 Å². The second-order valence-electron chi connectivity index (χ2n) is 4.31. The van der Waals surface area contributed by atoms with Gasteiger partial charge in [-0.3, -0.25) is 0 Å². The minimum Gasteiger partial charge on any atom is -0.229 e. The minimum atomic E-state index is -5.02. The molecule has 164 valence electrons. The van der Waals surface area contributed by atoms with Gasteiger partial charge in [0.2, 0.25) is 0 Å². The van der Waals surface area contributed by atoms with E-state index in [4.69, 9.17) is 24.5 Å². The highest BCUT2D eigenvalue weighted by molar-refractivity contribution is 7.91. The maximum Gasteiger partial charge on any atom is 0.622 e. The van der Waals surface area contributed by atoms with Crippen LogP contribution in [0.2, 0.25) is 0 Å². The van der Waals surface area contributed by atoms with Crippen molar-refractivity contribution in [3.05, 3.63) is 0 Å². The van der Waals surface area contributed by atoms with Crippen LogP contribution in [0.4, 0.5) is 0 Å². The summed E-state index contributed by atoms with van der Waals surface area (Å²) < 4.78 is 49.1. The number of hydrogen-bond donors (Lipinski definition) is 8. The lowest BCUT2D eigenvalue weighted by Gasteiger charge is -2.12. The Balaban J connectivity index is 4.48. The van der Waals surface area contributed by atoms with Crippen molar-refractivity contribution in [3.63, 3.8) is 0 Å². The van der Waals surface area contributed by atoms with Crippen molar-refractivity contribution < 1.29 is 74.3 Å². The molecule has 0 rings (SSSR count). The summed E-state index contributed by atoms with van der Waals surface area (Å²) >= 11 is 0. The molecule has 0 radical (unpaired) electrons. The first-order valence-corrected chi connectivity index (χ1v) is 14.3.